The molecular formula is C9H14F3N3OS. The van der Waals surface area contributed by atoms with Gasteiger partial charge in [-0.05, 0) is 20.3 Å². The van der Waals surface area contributed by atoms with Gasteiger partial charge in [0.2, 0.25) is 10.1 Å². The summed E-state index contributed by atoms with van der Waals surface area (Å²) < 4.78 is 37.1. The lowest BCUT2D eigenvalue weighted by Gasteiger charge is -2.25. The second-order valence-electron chi connectivity index (χ2n) is 3.75. The van der Waals surface area contributed by atoms with Gasteiger partial charge in [0.25, 0.3) is 0 Å². The molecule has 1 rings (SSSR count). The van der Waals surface area contributed by atoms with Crippen molar-refractivity contribution in [2.75, 3.05) is 18.1 Å². The Morgan fingerprint density at radius 1 is 1.35 bits per heavy atom. The Kier molecular flexibility index (Phi) is 4.70. The van der Waals surface area contributed by atoms with Gasteiger partial charge in [0.05, 0.1) is 0 Å². The Bertz CT molecular complexity index is 354. The molecule has 1 aromatic rings. The lowest BCUT2D eigenvalue weighted by Crippen LogP contribution is -2.32. The van der Waals surface area contributed by atoms with Gasteiger partial charge in [-0.2, -0.15) is 13.2 Å². The van der Waals surface area contributed by atoms with Crippen molar-refractivity contribution in [3.05, 3.63) is 5.01 Å². The average molecular weight is 269 g/mol. The molecule has 0 radical (unpaired) electrons. The zero-order valence-electron chi connectivity index (χ0n) is 9.53. The zero-order chi connectivity index (χ0) is 13.1. The molecule has 0 bridgehead atoms. The van der Waals surface area contributed by atoms with Crippen molar-refractivity contribution in [1.29, 1.82) is 0 Å². The van der Waals surface area contributed by atoms with E-state index >= 15 is 0 Å². The Labute approximate surface area is 101 Å². The molecule has 0 aliphatic rings. The lowest BCUT2D eigenvalue weighted by atomic mass is 10.3. The number of aliphatic hydroxyl groups excluding tert-OH is 1. The van der Waals surface area contributed by atoms with E-state index in [0.717, 1.165) is 0 Å². The van der Waals surface area contributed by atoms with Crippen molar-refractivity contribution in [3.8, 4) is 0 Å². The zero-order valence-corrected chi connectivity index (χ0v) is 10.3. The van der Waals surface area contributed by atoms with Crippen LogP contribution in [-0.4, -0.2) is 34.5 Å². The fourth-order valence-electron chi connectivity index (χ4n) is 1.26. The van der Waals surface area contributed by atoms with E-state index in [1.54, 1.807) is 4.90 Å². The number of aromatic nitrogens is 2. The maximum absolute atomic E-state index is 12.4. The third kappa shape index (κ3) is 3.81. The first kappa shape index (κ1) is 14.2. The first-order valence-corrected chi connectivity index (χ1v) is 5.96. The molecule has 0 unspecified atom stereocenters. The molecule has 0 amide bonds. The molecule has 17 heavy (non-hydrogen) atoms. The molecular weight excluding hydrogens is 255 g/mol. The van der Waals surface area contributed by atoms with Crippen LogP contribution in [0.1, 0.15) is 25.3 Å². The smallest absolute Gasteiger partial charge is 0.396 e. The van der Waals surface area contributed by atoms with Crippen LogP contribution in [0.25, 0.3) is 0 Å². The average Bonchev–Trinajstić information content (AvgIpc) is 2.66. The van der Waals surface area contributed by atoms with Gasteiger partial charge in [-0.25, -0.2) is 0 Å². The number of anilines is 1. The molecule has 0 aromatic carbocycles. The summed E-state index contributed by atoms with van der Waals surface area (Å²) in [5.74, 6) is 0. The van der Waals surface area contributed by atoms with Crippen LogP contribution < -0.4 is 4.90 Å². The second-order valence-corrected chi connectivity index (χ2v) is 4.71. The van der Waals surface area contributed by atoms with Crippen LogP contribution in [0.15, 0.2) is 0 Å². The molecule has 0 saturated heterocycles. The molecule has 0 aliphatic carbocycles. The molecule has 1 heterocycles. The van der Waals surface area contributed by atoms with E-state index in [1.807, 2.05) is 13.8 Å². The number of halogens is 3. The normalized spacial score (nSPS) is 12.2. The van der Waals surface area contributed by atoms with Crippen LogP contribution in [0.3, 0.4) is 0 Å². The van der Waals surface area contributed by atoms with Crippen molar-refractivity contribution in [2.24, 2.45) is 0 Å². The standard InChI is InChI=1S/C9H14F3N3OS/c1-6(2)15(4-3-5-16)8-14-13-7(17-8)9(10,11)12/h6,16H,3-5H2,1-2H3. The fraction of sp³-hybridized carbons (Fsp3) is 0.778. The van der Waals surface area contributed by atoms with Gasteiger partial charge in [-0.15, -0.1) is 10.2 Å². The maximum atomic E-state index is 12.4. The van der Waals surface area contributed by atoms with Crippen molar-refractivity contribution in [1.82, 2.24) is 10.2 Å². The Balaban J connectivity index is 2.84. The Morgan fingerprint density at radius 3 is 2.41 bits per heavy atom. The molecule has 0 fully saturated rings. The minimum atomic E-state index is -4.45. The van der Waals surface area contributed by atoms with E-state index in [1.165, 1.54) is 0 Å². The predicted molar refractivity (Wildman–Crippen MR) is 59.1 cm³/mol. The Hall–Kier alpha value is -0.890. The molecule has 0 saturated carbocycles. The van der Waals surface area contributed by atoms with Crippen molar-refractivity contribution >= 4 is 16.5 Å². The van der Waals surface area contributed by atoms with Crippen molar-refractivity contribution in [3.63, 3.8) is 0 Å². The first-order chi connectivity index (χ1) is 7.86. The quantitative estimate of drug-likeness (QED) is 0.890. The van der Waals surface area contributed by atoms with Crippen LogP contribution in [0.5, 0.6) is 0 Å². The number of alkyl halides is 3. The summed E-state index contributed by atoms with van der Waals surface area (Å²) in [5, 5.41) is 14.7. The Morgan fingerprint density at radius 2 is 2.00 bits per heavy atom. The predicted octanol–water partition coefficient (Wildman–Crippen LogP) is 2.15. The van der Waals surface area contributed by atoms with Gasteiger partial charge in [-0.1, -0.05) is 11.3 Å². The van der Waals surface area contributed by atoms with E-state index in [9.17, 15) is 13.2 Å². The minimum Gasteiger partial charge on any atom is -0.396 e. The summed E-state index contributed by atoms with van der Waals surface area (Å²) >= 11 is 0.524. The highest BCUT2D eigenvalue weighted by Crippen LogP contribution is 2.34. The SMILES string of the molecule is CC(C)N(CCCO)c1nnc(C(F)(F)F)s1. The molecule has 1 N–H and O–H groups in total. The molecule has 8 heteroatoms. The van der Waals surface area contributed by atoms with E-state index in [0.29, 0.717) is 24.3 Å². The van der Waals surface area contributed by atoms with Crippen LogP contribution >= 0.6 is 11.3 Å². The minimum absolute atomic E-state index is 0.00580. The second kappa shape index (κ2) is 5.63. The molecule has 0 atom stereocenters. The number of hydrogen-bond acceptors (Lipinski definition) is 5. The van der Waals surface area contributed by atoms with Crippen LogP contribution in [0.2, 0.25) is 0 Å². The maximum Gasteiger partial charge on any atom is 0.445 e. The van der Waals surface area contributed by atoms with Gasteiger partial charge in [0, 0.05) is 19.2 Å². The lowest BCUT2D eigenvalue weighted by molar-refractivity contribution is -0.138. The van der Waals surface area contributed by atoms with Gasteiger partial charge in [-0.3, -0.25) is 0 Å². The van der Waals surface area contributed by atoms with Gasteiger partial charge < -0.3 is 10.0 Å². The topological polar surface area (TPSA) is 49.2 Å². The number of nitrogens with zero attached hydrogens (tertiary/aromatic N) is 3. The van der Waals surface area contributed by atoms with Crippen LogP contribution in [-0.2, 0) is 6.18 Å². The van der Waals surface area contributed by atoms with E-state index in [4.69, 9.17) is 5.11 Å². The van der Waals surface area contributed by atoms with Gasteiger partial charge in [0.15, 0.2) is 0 Å². The summed E-state index contributed by atoms with van der Waals surface area (Å²) in [6.45, 7) is 4.16. The molecule has 1 aromatic heterocycles. The largest absolute Gasteiger partial charge is 0.445 e. The number of rotatable bonds is 5. The van der Waals surface area contributed by atoms with Crippen molar-refractivity contribution in [2.45, 2.75) is 32.5 Å². The summed E-state index contributed by atoms with van der Waals surface area (Å²) in [7, 11) is 0. The number of hydrogen-bond donors (Lipinski definition) is 1. The molecule has 0 spiro atoms. The van der Waals surface area contributed by atoms with Crippen LogP contribution in [0.4, 0.5) is 18.3 Å². The van der Waals surface area contributed by atoms with Gasteiger partial charge in [0.1, 0.15) is 0 Å². The summed E-state index contributed by atoms with van der Waals surface area (Å²) in [6, 6.07) is 0.00980. The van der Waals surface area contributed by atoms with E-state index < -0.39 is 11.2 Å². The van der Waals surface area contributed by atoms with Gasteiger partial charge >= 0.3 is 6.18 Å². The third-order valence-corrected chi connectivity index (χ3v) is 3.09. The monoisotopic (exact) mass is 269 g/mol. The highest BCUT2D eigenvalue weighted by atomic mass is 32.1. The first-order valence-electron chi connectivity index (χ1n) is 5.14. The van der Waals surface area contributed by atoms with E-state index in [2.05, 4.69) is 10.2 Å². The number of aliphatic hydroxyl groups is 1. The molecule has 4 nitrogen and oxygen atoms in total. The molecule has 98 valence electrons. The van der Waals surface area contributed by atoms with E-state index in [-0.39, 0.29) is 17.8 Å². The highest BCUT2D eigenvalue weighted by molar-refractivity contribution is 7.15. The fourth-order valence-corrected chi connectivity index (χ4v) is 2.13. The third-order valence-electron chi connectivity index (χ3n) is 2.08. The van der Waals surface area contributed by atoms with Crippen molar-refractivity contribution < 1.29 is 18.3 Å². The highest BCUT2D eigenvalue weighted by Gasteiger charge is 2.36. The summed E-state index contributed by atoms with van der Waals surface area (Å²) in [4.78, 5) is 1.70. The summed E-state index contributed by atoms with van der Waals surface area (Å²) in [6.07, 6.45) is -3.96. The van der Waals surface area contributed by atoms with Crippen LogP contribution in [0, 0.1) is 0 Å². The molecule has 0 aliphatic heterocycles. The summed E-state index contributed by atoms with van der Waals surface area (Å²) in [5.41, 5.74) is 0.